The van der Waals surface area contributed by atoms with E-state index in [9.17, 15) is 9.90 Å². The van der Waals surface area contributed by atoms with E-state index in [2.05, 4.69) is 69.9 Å². The normalized spacial score (nSPS) is 30.1. The van der Waals surface area contributed by atoms with E-state index in [0.29, 0.717) is 12.5 Å². The number of benzene rings is 1. The molecular formula is C24H32N6O2. The molecule has 1 aromatic heterocycles. The molecule has 8 nitrogen and oxygen atoms in total. The van der Waals surface area contributed by atoms with E-state index in [1.54, 1.807) is 12.4 Å². The van der Waals surface area contributed by atoms with Crippen molar-refractivity contribution in [1.29, 1.82) is 0 Å². The molecule has 0 bridgehead atoms. The molecular weight excluding hydrogens is 404 g/mol. The number of aromatic nitrogens is 2. The Bertz CT molecular complexity index is 952. The second kappa shape index (κ2) is 8.10. The van der Waals surface area contributed by atoms with E-state index < -0.39 is 6.35 Å². The summed E-state index contributed by atoms with van der Waals surface area (Å²) in [5.41, 5.74) is 1.97. The topological polar surface area (TPSA) is 93.6 Å². The first-order valence-corrected chi connectivity index (χ1v) is 11.5. The lowest BCUT2D eigenvalue weighted by molar-refractivity contribution is -0.117. The number of aliphatic hydroxyl groups is 1. The molecule has 5 rings (SSSR count). The van der Waals surface area contributed by atoms with Gasteiger partial charge in [0.1, 0.15) is 0 Å². The fraction of sp³-hybridized carbons (Fsp3) is 0.542. The number of hydrogen-bond donors (Lipinski definition) is 3. The summed E-state index contributed by atoms with van der Waals surface area (Å²) in [5.74, 6) is 0.419. The molecule has 3 fully saturated rings. The number of anilines is 2. The fourth-order valence-electron chi connectivity index (χ4n) is 5.32. The molecule has 8 heteroatoms. The standard InChI is InChI=1S/C24H32N6O2/c1-29(2)24(18-6-4-3-5-7-18)12-10-23(11-13-24)16-30(22(32)28-23)19-14-25-21(26-15-19)27-20(31)17-8-9-17/h3-7,14-15,17,22,28,32H,8-13,16H2,1-2H3,(H,25,26,27,31). The molecule has 3 N–H and O–H groups in total. The highest BCUT2D eigenvalue weighted by molar-refractivity contribution is 5.92. The second-order valence-electron chi connectivity index (χ2n) is 9.75. The number of nitrogens with one attached hydrogen (secondary N) is 2. The summed E-state index contributed by atoms with van der Waals surface area (Å²) in [7, 11) is 4.32. The van der Waals surface area contributed by atoms with Crippen molar-refractivity contribution in [2.75, 3.05) is 30.9 Å². The Morgan fingerprint density at radius 3 is 2.38 bits per heavy atom. The molecule has 170 valence electrons. The third kappa shape index (κ3) is 3.87. The lowest BCUT2D eigenvalue weighted by Crippen LogP contribution is -2.54. The fourth-order valence-corrected chi connectivity index (χ4v) is 5.32. The van der Waals surface area contributed by atoms with Crippen molar-refractivity contribution in [2.45, 2.75) is 56.0 Å². The van der Waals surface area contributed by atoms with Crippen LogP contribution < -0.4 is 15.5 Å². The van der Waals surface area contributed by atoms with Crippen molar-refractivity contribution >= 4 is 17.5 Å². The molecule has 1 atom stereocenters. The number of carbonyl (C=O) groups excluding carboxylic acids is 1. The van der Waals surface area contributed by atoms with Crippen LogP contribution in [-0.4, -0.2) is 58.4 Å². The average molecular weight is 437 g/mol. The van der Waals surface area contributed by atoms with E-state index in [4.69, 9.17) is 0 Å². The van der Waals surface area contributed by atoms with Crippen LogP contribution in [0.5, 0.6) is 0 Å². The van der Waals surface area contributed by atoms with E-state index in [0.717, 1.165) is 44.2 Å². The maximum Gasteiger partial charge on any atom is 0.229 e. The van der Waals surface area contributed by atoms with Crippen molar-refractivity contribution in [3.8, 4) is 0 Å². The zero-order valence-electron chi connectivity index (χ0n) is 18.8. The van der Waals surface area contributed by atoms with E-state index in [-0.39, 0.29) is 22.9 Å². The van der Waals surface area contributed by atoms with Crippen molar-refractivity contribution in [3.63, 3.8) is 0 Å². The van der Waals surface area contributed by atoms with Gasteiger partial charge in [0.05, 0.1) is 18.1 Å². The highest BCUT2D eigenvalue weighted by Crippen LogP contribution is 2.46. The van der Waals surface area contributed by atoms with Gasteiger partial charge in [0.15, 0.2) is 6.35 Å². The minimum atomic E-state index is -0.783. The van der Waals surface area contributed by atoms with Gasteiger partial charge < -0.3 is 10.0 Å². The first-order chi connectivity index (χ1) is 15.4. The third-order valence-corrected chi connectivity index (χ3v) is 7.56. The molecule has 0 radical (unpaired) electrons. The largest absolute Gasteiger partial charge is 0.361 e. The molecule has 2 aliphatic carbocycles. The number of nitrogens with zero attached hydrogens (tertiary/aromatic N) is 4. The highest BCUT2D eigenvalue weighted by atomic mass is 16.3. The Morgan fingerprint density at radius 1 is 1.12 bits per heavy atom. The Labute approximate surface area is 189 Å². The predicted molar refractivity (Wildman–Crippen MR) is 123 cm³/mol. The average Bonchev–Trinajstić information content (AvgIpc) is 3.60. The number of amides is 1. The van der Waals surface area contributed by atoms with E-state index in [1.165, 1.54) is 5.56 Å². The van der Waals surface area contributed by atoms with E-state index in [1.807, 2.05) is 4.90 Å². The van der Waals surface area contributed by atoms with Gasteiger partial charge >= 0.3 is 0 Å². The van der Waals surface area contributed by atoms with Gasteiger partial charge in [-0.15, -0.1) is 0 Å². The van der Waals surface area contributed by atoms with Gasteiger partial charge in [0.25, 0.3) is 0 Å². The van der Waals surface area contributed by atoms with Crippen LogP contribution in [0.3, 0.4) is 0 Å². The molecule has 2 saturated carbocycles. The molecule has 1 spiro atoms. The van der Waals surface area contributed by atoms with Gasteiger partial charge in [-0.05, 0) is 58.2 Å². The highest BCUT2D eigenvalue weighted by Gasteiger charge is 2.50. The second-order valence-corrected chi connectivity index (χ2v) is 9.75. The maximum absolute atomic E-state index is 11.9. The van der Waals surface area contributed by atoms with Crippen LogP contribution in [0.25, 0.3) is 0 Å². The summed E-state index contributed by atoms with van der Waals surface area (Å²) >= 11 is 0. The zero-order valence-corrected chi connectivity index (χ0v) is 18.8. The monoisotopic (exact) mass is 436 g/mol. The lowest BCUT2D eigenvalue weighted by Gasteiger charge is -2.49. The molecule has 1 amide bonds. The van der Waals surface area contributed by atoms with E-state index >= 15 is 0 Å². The lowest BCUT2D eigenvalue weighted by atomic mass is 9.69. The van der Waals surface area contributed by atoms with Crippen molar-refractivity contribution in [3.05, 3.63) is 48.3 Å². The van der Waals surface area contributed by atoms with Gasteiger partial charge in [-0.2, -0.15) is 0 Å². The van der Waals surface area contributed by atoms with Crippen LogP contribution in [-0.2, 0) is 10.3 Å². The van der Waals surface area contributed by atoms with Gasteiger partial charge in [-0.1, -0.05) is 30.3 Å². The Kier molecular flexibility index (Phi) is 5.39. The smallest absolute Gasteiger partial charge is 0.229 e. The summed E-state index contributed by atoms with van der Waals surface area (Å²) in [4.78, 5) is 24.8. The van der Waals surface area contributed by atoms with Crippen molar-refractivity contribution in [1.82, 2.24) is 20.2 Å². The molecule has 3 aliphatic rings. The van der Waals surface area contributed by atoms with Crippen molar-refractivity contribution < 1.29 is 9.90 Å². The Balaban J connectivity index is 1.27. The molecule has 2 heterocycles. The van der Waals surface area contributed by atoms with Gasteiger partial charge in [0, 0.05) is 23.5 Å². The SMILES string of the molecule is CN(C)C1(c2ccccc2)CCC2(CC1)CN(c1cnc(NC(=O)C3CC3)nc1)C(O)N2. The summed E-state index contributed by atoms with van der Waals surface area (Å²) in [6.07, 6.45) is 8.41. The minimum absolute atomic E-state index is 0.00965. The van der Waals surface area contributed by atoms with Crippen LogP contribution in [0.2, 0.25) is 0 Å². The molecule has 1 unspecified atom stereocenters. The predicted octanol–water partition coefficient (Wildman–Crippen LogP) is 2.28. The number of rotatable bonds is 5. The molecule has 1 aromatic carbocycles. The first-order valence-electron chi connectivity index (χ1n) is 11.5. The molecule has 1 saturated heterocycles. The summed E-state index contributed by atoms with van der Waals surface area (Å²) in [6, 6.07) is 10.7. The van der Waals surface area contributed by atoms with Gasteiger partial charge in [-0.3, -0.25) is 20.3 Å². The molecule has 32 heavy (non-hydrogen) atoms. The van der Waals surface area contributed by atoms with Crippen LogP contribution >= 0.6 is 0 Å². The van der Waals surface area contributed by atoms with Crippen LogP contribution in [0.1, 0.15) is 44.1 Å². The number of carbonyl (C=O) groups is 1. The van der Waals surface area contributed by atoms with Crippen LogP contribution in [0.15, 0.2) is 42.7 Å². The van der Waals surface area contributed by atoms with Gasteiger partial charge in [-0.25, -0.2) is 9.97 Å². The number of hydrogen-bond acceptors (Lipinski definition) is 7. The summed E-state index contributed by atoms with van der Waals surface area (Å²) in [6.45, 7) is 0.698. The van der Waals surface area contributed by atoms with Crippen LogP contribution in [0, 0.1) is 5.92 Å². The van der Waals surface area contributed by atoms with Crippen LogP contribution in [0.4, 0.5) is 11.6 Å². The molecule has 1 aliphatic heterocycles. The van der Waals surface area contributed by atoms with Gasteiger partial charge in [0.2, 0.25) is 11.9 Å². The summed E-state index contributed by atoms with van der Waals surface area (Å²) in [5, 5.41) is 17.0. The zero-order chi connectivity index (χ0) is 22.3. The Morgan fingerprint density at radius 2 is 1.78 bits per heavy atom. The molecule has 2 aromatic rings. The first kappa shape index (κ1) is 21.3. The summed E-state index contributed by atoms with van der Waals surface area (Å²) < 4.78 is 0. The maximum atomic E-state index is 11.9. The Hall–Kier alpha value is -2.55. The van der Waals surface area contributed by atoms with Crippen molar-refractivity contribution in [2.24, 2.45) is 5.92 Å². The third-order valence-electron chi connectivity index (χ3n) is 7.56. The minimum Gasteiger partial charge on any atom is -0.361 e. The quantitative estimate of drug-likeness (QED) is 0.662. The number of aliphatic hydroxyl groups excluding tert-OH is 1.